The lowest BCUT2D eigenvalue weighted by atomic mass is 10.2. The number of rotatable bonds is 3. The van der Waals surface area contributed by atoms with Crippen molar-refractivity contribution in [3.05, 3.63) is 28.2 Å². The molecule has 0 aliphatic rings. The minimum Gasteiger partial charge on any atom is -0.478 e. The fourth-order valence-electron chi connectivity index (χ4n) is 1.21. The van der Waals surface area contributed by atoms with E-state index in [1.165, 1.54) is 22.9 Å². The smallest absolute Gasteiger partial charge is 0.356 e. The van der Waals surface area contributed by atoms with Crippen LogP contribution in [0.2, 0.25) is 0 Å². The summed E-state index contributed by atoms with van der Waals surface area (Å²) in [5.74, 6) is -2.22. The van der Waals surface area contributed by atoms with Crippen molar-refractivity contribution < 1.29 is 19.8 Å². The Bertz CT molecular complexity index is 507. The van der Waals surface area contributed by atoms with Crippen molar-refractivity contribution in [1.82, 2.24) is 4.98 Å². The predicted octanol–water partition coefficient (Wildman–Crippen LogP) is 2.27. The molecule has 0 bridgehead atoms. The number of hydrogen-bond acceptors (Lipinski definition) is 5. The van der Waals surface area contributed by atoms with E-state index in [0.29, 0.717) is 9.75 Å². The van der Waals surface area contributed by atoms with Crippen LogP contribution in [0.5, 0.6) is 0 Å². The summed E-state index contributed by atoms with van der Waals surface area (Å²) in [6, 6.07) is 1.45. The molecule has 0 saturated heterocycles. The first-order valence-corrected chi connectivity index (χ1v) is 5.85. The summed E-state index contributed by atoms with van der Waals surface area (Å²) in [6.45, 7) is 0. The zero-order chi connectivity index (χ0) is 11.7. The number of aromatic nitrogens is 1. The molecule has 0 aliphatic heterocycles. The maximum atomic E-state index is 10.9. The third kappa shape index (κ3) is 1.70. The van der Waals surface area contributed by atoms with E-state index >= 15 is 0 Å². The molecule has 2 heterocycles. The van der Waals surface area contributed by atoms with Crippen LogP contribution in [0, 0.1) is 0 Å². The maximum absolute atomic E-state index is 10.9. The van der Waals surface area contributed by atoms with E-state index in [1.807, 2.05) is 0 Å². The number of thiophene rings is 1. The first-order valence-electron chi connectivity index (χ1n) is 4.09. The molecule has 0 spiro atoms. The quantitative estimate of drug-likeness (QED) is 0.878. The molecule has 0 aromatic carbocycles. The van der Waals surface area contributed by atoms with Gasteiger partial charge in [0.2, 0.25) is 0 Å². The fourth-order valence-corrected chi connectivity index (χ4v) is 3.06. The molecule has 2 aromatic rings. The van der Waals surface area contributed by atoms with Gasteiger partial charge < -0.3 is 10.2 Å². The summed E-state index contributed by atoms with van der Waals surface area (Å²) in [5.41, 5.74) is 1.40. The van der Waals surface area contributed by atoms with Crippen LogP contribution in [0.3, 0.4) is 0 Å². The summed E-state index contributed by atoms with van der Waals surface area (Å²) in [6.07, 6.45) is 0. The topological polar surface area (TPSA) is 87.5 Å². The Morgan fingerprint density at radius 3 is 2.50 bits per heavy atom. The second kappa shape index (κ2) is 4.03. The third-order valence-electron chi connectivity index (χ3n) is 1.87. The monoisotopic (exact) mass is 255 g/mol. The molecule has 82 valence electrons. The number of carbonyl (C=O) groups is 2. The van der Waals surface area contributed by atoms with E-state index < -0.39 is 11.9 Å². The van der Waals surface area contributed by atoms with Gasteiger partial charge in [-0.25, -0.2) is 14.6 Å². The van der Waals surface area contributed by atoms with Gasteiger partial charge in [0.15, 0.2) is 5.69 Å². The van der Waals surface area contributed by atoms with E-state index in [2.05, 4.69) is 4.98 Å². The second-order valence-corrected chi connectivity index (χ2v) is 4.57. The minimum atomic E-state index is -1.15. The third-order valence-corrected chi connectivity index (χ3v) is 3.78. The summed E-state index contributed by atoms with van der Waals surface area (Å²) in [7, 11) is 0. The Morgan fingerprint density at radius 1 is 1.12 bits per heavy atom. The van der Waals surface area contributed by atoms with Crippen molar-refractivity contribution >= 4 is 34.6 Å². The van der Waals surface area contributed by atoms with Crippen molar-refractivity contribution in [2.45, 2.75) is 0 Å². The first-order chi connectivity index (χ1) is 7.61. The lowest BCUT2D eigenvalue weighted by molar-refractivity contribution is 0.0682. The summed E-state index contributed by atoms with van der Waals surface area (Å²) >= 11 is 2.32. The molecule has 16 heavy (non-hydrogen) atoms. The van der Waals surface area contributed by atoms with E-state index in [0.717, 1.165) is 11.3 Å². The number of thiazole rings is 1. The highest BCUT2D eigenvalue weighted by Gasteiger charge is 2.21. The molecule has 7 heteroatoms. The molecule has 0 atom stereocenters. The highest BCUT2D eigenvalue weighted by atomic mass is 32.1. The van der Waals surface area contributed by atoms with Crippen LogP contribution < -0.4 is 0 Å². The zero-order valence-electron chi connectivity index (χ0n) is 7.71. The molecular weight excluding hydrogens is 250 g/mol. The van der Waals surface area contributed by atoms with Crippen LogP contribution in [0.1, 0.15) is 20.8 Å². The Kier molecular flexibility index (Phi) is 2.71. The molecule has 0 amide bonds. The number of nitrogens with zero attached hydrogens (tertiary/aromatic N) is 1. The first kappa shape index (κ1) is 10.8. The molecular formula is C9H5NO4S2. The van der Waals surface area contributed by atoms with Gasteiger partial charge in [-0.2, -0.15) is 0 Å². The normalized spacial score (nSPS) is 10.2. The SMILES string of the molecule is O=C(O)c1ccsc1-c1scnc1C(=O)O. The minimum absolute atomic E-state index is 0.102. The predicted molar refractivity (Wildman–Crippen MR) is 59.3 cm³/mol. The molecule has 0 fully saturated rings. The highest BCUT2D eigenvalue weighted by Crippen LogP contribution is 2.34. The van der Waals surface area contributed by atoms with Gasteiger partial charge in [0.05, 0.1) is 20.8 Å². The van der Waals surface area contributed by atoms with Crippen LogP contribution in [-0.2, 0) is 0 Å². The molecule has 0 saturated carbocycles. The van der Waals surface area contributed by atoms with Crippen molar-refractivity contribution in [1.29, 1.82) is 0 Å². The van der Waals surface area contributed by atoms with Gasteiger partial charge in [0.1, 0.15) is 0 Å². The maximum Gasteiger partial charge on any atom is 0.356 e. The molecule has 2 aromatic heterocycles. The molecule has 2 rings (SSSR count). The van der Waals surface area contributed by atoms with E-state index in [9.17, 15) is 9.59 Å². The molecule has 5 nitrogen and oxygen atoms in total. The van der Waals surface area contributed by atoms with Crippen LogP contribution >= 0.6 is 22.7 Å². The second-order valence-electron chi connectivity index (χ2n) is 2.80. The van der Waals surface area contributed by atoms with Gasteiger partial charge in [-0.1, -0.05) is 0 Å². The van der Waals surface area contributed by atoms with Crippen molar-refractivity contribution in [2.24, 2.45) is 0 Å². The van der Waals surface area contributed by atoms with Crippen molar-refractivity contribution in [2.75, 3.05) is 0 Å². The molecule has 0 aliphatic carbocycles. The fraction of sp³-hybridized carbons (Fsp3) is 0. The van der Waals surface area contributed by atoms with Gasteiger partial charge >= 0.3 is 11.9 Å². The number of carboxylic acids is 2. The van der Waals surface area contributed by atoms with Gasteiger partial charge in [0.25, 0.3) is 0 Å². The number of carboxylic acid groups (broad SMARTS) is 2. The van der Waals surface area contributed by atoms with Crippen LogP contribution in [-0.4, -0.2) is 27.1 Å². The van der Waals surface area contributed by atoms with Crippen molar-refractivity contribution in [3.63, 3.8) is 0 Å². The summed E-state index contributed by atoms with van der Waals surface area (Å²) in [5, 5.41) is 19.4. The lowest BCUT2D eigenvalue weighted by Crippen LogP contribution is -2.00. The van der Waals surface area contributed by atoms with Gasteiger partial charge in [-0.3, -0.25) is 0 Å². The van der Waals surface area contributed by atoms with Gasteiger partial charge in [0, 0.05) is 0 Å². The Hall–Kier alpha value is -1.73. The van der Waals surface area contributed by atoms with E-state index in [4.69, 9.17) is 10.2 Å². The Morgan fingerprint density at radius 2 is 1.88 bits per heavy atom. The molecule has 0 radical (unpaired) electrons. The largest absolute Gasteiger partial charge is 0.478 e. The average Bonchev–Trinajstić information content (AvgIpc) is 2.85. The van der Waals surface area contributed by atoms with Crippen LogP contribution in [0.4, 0.5) is 0 Å². The summed E-state index contributed by atoms with van der Waals surface area (Å²) < 4.78 is 0. The lowest BCUT2D eigenvalue weighted by Gasteiger charge is -1.97. The average molecular weight is 255 g/mol. The number of aromatic carboxylic acids is 2. The van der Waals surface area contributed by atoms with Crippen LogP contribution in [0.25, 0.3) is 9.75 Å². The van der Waals surface area contributed by atoms with Gasteiger partial charge in [-0.05, 0) is 11.4 Å². The zero-order valence-corrected chi connectivity index (χ0v) is 9.34. The number of hydrogen-bond donors (Lipinski definition) is 2. The van der Waals surface area contributed by atoms with E-state index in [-0.39, 0.29) is 11.3 Å². The highest BCUT2D eigenvalue weighted by molar-refractivity contribution is 7.20. The standard InChI is InChI=1S/C9H5NO4S2/c11-8(12)4-1-2-15-6(4)7-5(9(13)14)10-3-16-7/h1-3H,(H,11,12)(H,13,14). The van der Waals surface area contributed by atoms with Crippen LogP contribution in [0.15, 0.2) is 17.0 Å². The van der Waals surface area contributed by atoms with Gasteiger partial charge in [-0.15, -0.1) is 22.7 Å². The molecule has 0 unspecified atom stereocenters. The Balaban J connectivity index is 2.59. The Labute approximate surface area is 97.6 Å². The van der Waals surface area contributed by atoms with E-state index in [1.54, 1.807) is 5.38 Å². The summed E-state index contributed by atoms with van der Waals surface area (Å²) in [4.78, 5) is 26.3. The van der Waals surface area contributed by atoms with Crippen molar-refractivity contribution in [3.8, 4) is 9.75 Å². The molecule has 2 N–H and O–H groups in total.